The smallest absolute Gasteiger partial charge is 0.234 e. The quantitative estimate of drug-likeness (QED) is 0.565. The van der Waals surface area contributed by atoms with Crippen LogP contribution in [0.25, 0.3) is 0 Å². The normalized spacial score (nSPS) is 27.4. The number of ether oxygens (including phenoxy) is 1. The van der Waals surface area contributed by atoms with Crippen molar-refractivity contribution in [3.05, 3.63) is 29.8 Å². The zero-order chi connectivity index (χ0) is 22.3. The number of carbonyl (C=O) groups is 1. The van der Waals surface area contributed by atoms with Crippen LogP contribution in [0.5, 0.6) is 5.75 Å². The maximum Gasteiger partial charge on any atom is 0.234 e. The van der Waals surface area contributed by atoms with Gasteiger partial charge in [0.05, 0.1) is 19.3 Å². The molecule has 2 fully saturated rings. The third kappa shape index (κ3) is 6.01. The van der Waals surface area contributed by atoms with E-state index in [1.807, 2.05) is 12.1 Å². The molecule has 0 aromatic heterocycles. The fraction of sp³-hybridized carbons (Fsp3) is 0.731. The molecule has 1 aliphatic carbocycles. The zero-order valence-electron chi connectivity index (χ0n) is 19.7. The Kier molecular flexibility index (Phi) is 8.79. The van der Waals surface area contributed by atoms with Crippen molar-refractivity contribution in [3.63, 3.8) is 0 Å². The van der Waals surface area contributed by atoms with E-state index in [1.165, 1.54) is 24.8 Å². The highest BCUT2D eigenvalue weighted by molar-refractivity contribution is 5.78. The summed E-state index contributed by atoms with van der Waals surface area (Å²) >= 11 is 0. The van der Waals surface area contributed by atoms with Crippen molar-refractivity contribution in [1.29, 1.82) is 0 Å². The van der Waals surface area contributed by atoms with E-state index in [9.17, 15) is 9.90 Å². The van der Waals surface area contributed by atoms with Gasteiger partial charge in [0.2, 0.25) is 5.91 Å². The second-order valence-corrected chi connectivity index (χ2v) is 9.61. The molecule has 0 unspecified atom stereocenters. The van der Waals surface area contributed by atoms with Crippen LogP contribution in [0, 0.1) is 11.8 Å². The molecule has 5 nitrogen and oxygen atoms in total. The molecule has 2 aliphatic rings. The maximum atomic E-state index is 12.9. The Morgan fingerprint density at radius 2 is 2.03 bits per heavy atom. The molecule has 1 aromatic rings. The molecule has 1 aromatic carbocycles. The van der Waals surface area contributed by atoms with Crippen LogP contribution in [-0.4, -0.2) is 48.3 Å². The van der Waals surface area contributed by atoms with Crippen molar-refractivity contribution < 1.29 is 14.6 Å². The lowest BCUT2D eigenvalue weighted by molar-refractivity contribution is -0.138. The van der Waals surface area contributed by atoms with Crippen LogP contribution >= 0.6 is 0 Å². The summed E-state index contributed by atoms with van der Waals surface area (Å²) in [5, 5.41) is 14.6. The van der Waals surface area contributed by atoms with Gasteiger partial charge in [0.15, 0.2) is 0 Å². The number of aliphatic hydroxyl groups is 1. The number of fused-ring (bicyclic) bond motifs is 1. The van der Waals surface area contributed by atoms with Gasteiger partial charge in [0, 0.05) is 25.0 Å². The van der Waals surface area contributed by atoms with Crippen LogP contribution in [0.1, 0.15) is 83.2 Å². The number of methoxy groups -OCH3 is 1. The fourth-order valence-corrected chi connectivity index (χ4v) is 5.61. The molecule has 1 amide bonds. The highest BCUT2D eigenvalue weighted by atomic mass is 16.5. The number of nitrogens with zero attached hydrogens (tertiary/aromatic N) is 1. The van der Waals surface area contributed by atoms with E-state index >= 15 is 0 Å². The molecular weight excluding hydrogens is 388 g/mol. The lowest BCUT2D eigenvalue weighted by Gasteiger charge is -2.52. The van der Waals surface area contributed by atoms with E-state index in [0.29, 0.717) is 12.5 Å². The summed E-state index contributed by atoms with van der Waals surface area (Å²) < 4.78 is 5.34. The summed E-state index contributed by atoms with van der Waals surface area (Å²) in [5.41, 5.74) is 0.566. The van der Waals surface area contributed by atoms with Gasteiger partial charge in [-0.3, -0.25) is 9.69 Å². The molecule has 31 heavy (non-hydrogen) atoms. The SMILES string of the molecule is CCCC[C@@H](CC)CNC(=O)CN1CC[C@@]2(O)CCCC[C@@H]2[C@@H]1c1ccc(OC)cc1. The van der Waals surface area contributed by atoms with E-state index in [1.54, 1.807) is 7.11 Å². The number of amides is 1. The van der Waals surface area contributed by atoms with Gasteiger partial charge in [-0.05, 0) is 49.3 Å². The molecule has 0 bridgehead atoms. The number of rotatable bonds is 10. The average Bonchev–Trinajstić information content (AvgIpc) is 2.79. The molecule has 1 heterocycles. The van der Waals surface area contributed by atoms with E-state index < -0.39 is 5.60 Å². The Morgan fingerprint density at radius 1 is 1.26 bits per heavy atom. The first-order chi connectivity index (χ1) is 15.0. The largest absolute Gasteiger partial charge is 0.497 e. The number of benzene rings is 1. The van der Waals surface area contributed by atoms with E-state index in [4.69, 9.17) is 4.74 Å². The molecular formula is C26H42N2O3. The Hall–Kier alpha value is -1.59. The van der Waals surface area contributed by atoms with Crippen molar-refractivity contribution in [3.8, 4) is 5.75 Å². The highest BCUT2D eigenvalue weighted by Gasteiger charge is 2.49. The van der Waals surface area contributed by atoms with E-state index in [2.05, 4.69) is 36.2 Å². The van der Waals surface area contributed by atoms with E-state index in [-0.39, 0.29) is 17.9 Å². The predicted octanol–water partition coefficient (Wildman–Crippen LogP) is 4.70. The first kappa shape index (κ1) is 24.1. The number of unbranched alkanes of at least 4 members (excludes halogenated alkanes) is 1. The average molecular weight is 431 g/mol. The predicted molar refractivity (Wildman–Crippen MR) is 125 cm³/mol. The monoisotopic (exact) mass is 430 g/mol. The minimum atomic E-state index is -0.608. The van der Waals surface area contributed by atoms with Gasteiger partial charge in [-0.1, -0.05) is 58.1 Å². The Labute approximate surface area is 188 Å². The number of piperidine rings is 1. The van der Waals surface area contributed by atoms with Crippen LogP contribution in [0.2, 0.25) is 0 Å². The number of carbonyl (C=O) groups excluding carboxylic acids is 1. The molecule has 3 rings (SSSR count). The number of nitrogens with one attached hydrogen (secondary N) is 1. The van der Waals surface area contributed by atoms with Gasteiger partial charge in [-0.25, -0.2) is 0 Å². The number of hydrogen-bond donors (Lipinski definition) is 2. The van der Waals surface area contributed by atoms with Gasteiger partial charge < -0.3 is 15.2 Å². The van der Waals surface area contributed by atoms with E-state index in [0.717, 1.165) is 57.4 Å². The van der Waals surface area contributed by atoms with Gasteiger partial charge in [0.25, 0.3) is 0 Å². The molecule has 1 saturated heterocycles. The van der Waals surface area contributed by atoms with Gasteiger partial charge in [0.1, 0.15) is 5.75 Å². The van der Waals surface area contributed by atoms with Crippen molar-refractivity contribution in [1.82, 2.24) is 10.2 Å². The third-order valence-corrected chi connectivity index (χ3v) is 7.61. The minimum absolute atomic E-state index is 0.0674. The standard InChI is InChI=1S/C26H42N2O3/c1-4-6-9-20(5-2)18-27-24(29)19-28-17-16-26(30)15-8-7-10-23(26)25(28)21-11-13-22(31-3)14-12-21/h11-14,20,23,25,30H,4-10,15-19H2,1-3H3,(H,27,29)/t20-,23-,25+,26+/m1/s1. The van der Waals surface area contributed by atoms with Crippen LogP contribution in [-0.2, 0) is 4.79 Å². The first-order valence-corrected chi connectivity index (χ1v) is 12.4. The summed E-state index contributed by atoms with van der Waals surface area (Å²) in [5.74, 6) is 1.67. The molecule has 1 saturated carbocycles. The fourth-order valence-electron chi connectivity index (χ4n) is 5.61. The van der Waals surface area contributed by atoms with Crippen molar-refractivity contribution in [2.24, 2.45) is 11.8 Å². The Balaban J connectivity index is 1.71. The second-order valence-electron chi connectivity index (χ2n) is 9.61. The Bertz CT molecular complexity index is 692. The Morgan fingerprint density at radius 3 is 2.71 bits per heavy atom. The van der Waals surface area contributed by atoms with Crippen LogP contribution in [0.3, 0.4) is 0 Å². The first-order valence-electron chi connectivity index (χ1n) is 12.4. The summed E-state index contributed by atoms with van der Waals surface area (Å²) in [7, 11) is 1.68. The van der Waals surface area contributed by atoms with Crippen LogP contribution in [0.15, 0.2) is 24.3 Å². The number of likely N-dealkylation sites (tertiary alicyclic amines) is 1. The van der Waals surface area contributed by atoms with Gasteiger partial charge in [-0.15, -0.1) is 0 Å². The molecule has 0 spiro atoms. The minimum Gasteiger partial charge on any atom is -0.497 e. The molecule has 2 N–H and O–H groups in total. The van der Waals surface area contributed by atoms with Crippen LogP contribution < -0.4 is 10.1 Å². The topological polar surface area (TPSA) is 61.8 Å². The molecule has 5 heteroatoms. The second kappa shape index (κ2) is 11.3. The maximum absolute atomic E-state index is 12.9. The van der Waals surface area contributed by atoms with Crippen molar-refractivity contribution >= 4 is 5.91 Å². The van der Waals surface area contributed by atoms with Gasteiger partial charge >= 0.3 is 0 Å². The molecule has 0 radical (unpaired) electrons. The van der Waals surface area contributed by atoms with Crippen molar-refractivity contribution in [2.45, 2.75) is 83.3 Å². The lowest BCUT2D eigenvalue weighted by Crippen LogP contribution is -2.56. The summed E-state index contributed by atoms with van der Waals surface area (Å²) in [6, 6.07) is 8.25. The molecule has 1 aliphatic heterocycles. The lowest BCUT2D eigenvalue weighted by atomic mass is 9.66. The summed E-state index contributed by atoms with van der Waals surface area (Å²) in [6.07, 6.45) is 9.60. The van der Waals surface area contributed by atoms with Crippen LogP contribution in [0.4, 0.5) is 0 Å². The highest BCUT2D eigenvalue weighted by Crippen LogP contribution is 2.49. The molecule has 4 atom stereocenters. The van der Waals surface area contributed by atoms with Crippen molar-refractivity contribution in [2.75, 3.05) is 26.7 Å². The third-order valence-electron chi connectivity index (χ3n) is 7.61. The van der Waals surface area contributed by atoms with Gasteiger partial charge in [-0.2, -0.15) is 0 Å². The number of hydrogen-bond acceptors (Lipinski definition) is 4. The zero-order valence-corrected chi connectivity index (χ0v) is 19.7. The summed E-state index contributed by atoms with van der Waals surface area (Å²) in [4.78, 5) is 15.2. The molecule has 174 valence electrons. The summed E-state index contributed by atoms with van der Waals surface area (Å²) in [6.45, 7) is 6.34.